The van der Waals surface area contributed by atoms with Crippen LogP contribution in [0.15, 0.2) is 72.8 Å². The highest BCUT2D eigenvalue weighted by molar-refractivity contribution is 5.94. The molecule has 0 fully saturated rings. The molecule has 25 heavy (non-hydrogen) atoms. The fourth-order valence-corrected chi connectivity index (χ4v) is 2.62. The minimum atomic E-state index is -1.01. The van der Waals surface area contributed by atoms with E-state index in [2.05, 4.69) is 0 Å². The molecule has 126 valence electrons. The molecule has 3 aromatic carbocycles. The zero-order chi connectivity index (χ0) is 17.6. The molecule has 3 aromatic rings. The van der Waals surface area contributed by atoms with Gasteiger partial charge < -0.3 is 14.6 Å². The number of aromatic carboxylic acids is 1. The van der Waals surface area contributed by atoms with E-state index in [0.29, 0.717) is 12.4 Å². The van der Waals surface area contributed by atoms with Gasteiger partial charge in [0, 0.05) is 5.56 Å². The van der Waals surface area contributed by atoms with Gasteiger partial charge in [-0.25, -0.2) is 4.79 Å². The maximum atomic E-state index is 11.3. The first-order valence-electron chi connectivity index (χ1n) is 7.86. The Kier molecular flexibility index (Phi) is 5.00. The Morgan fingerprint density at radius 3 is 2.28 bits per heavy atom. The molecule has 0 atom stereocenters. The van der Waals surface area contributed by atoms with Crippen LogP contribution in [0.2, 0.25) is 0 Å². The monoisotopic (exact) mass is 334 g/mol. The molecule has 1 N–H and O–H groups in total. The number of carbonyl (C=O) groups is 1. The van der Waals surface area contributed by atoms with Gasteiger partial charge in [-0.2, -0.15) is 0 Å². The van der Waals surface area contributed by atoms with E-state index in [9.17, 15) is 9.90 Å². The van der Waals surface area contributed by atoms with Crippen molar-refractivity contribution in [3.05, 3.63) is 83.9 Å². The number of ether oxygens (including phenoxy) is 2. The van der Waals surface area contributed by atoms with E-state index in [1.54, 1.807) is 6.07 Å². The van der Waals surface area contributed by atoms with E-state index >= 15 is 0 Å². The summed E-state index contributed by atoms with van der Waals surface area (Å²) in [4.78, 5) is 11.3. The smallest absolute Gasteiger partial charge is 0.339 e. The molecule has 3 rings (SSSR count). The van der Waals surface area contributed by atoms with E-state index in [1.165, 1.54) is 13.2 Å². The molecule has 4 heteroatoms. The van der Waals surface area contributed by atoms with Crippen molar-refractivity contribution in [2.75, 3.05) is 7.11 Å². The zero-order valence-electron chi connectivity index (χ0n) is 13.8. The highest BCUT2D eigenvalue weighted by atomic mass is 16.5. The van der Waals surface area contributed by atoms with E-state index in [4.69, 9.17) is 9.47 Å². The summed E-state index contributed by atoms with van der Waals surface area (Å²) in [5.41, 5.74) is 2.84. The van der Waals surface area contributed by atoms with Crippen LogP contribution in [0.25, 0.3) is 11.1 Å². The summed E-state index contributed by atoms with van der Waals surface area (Å²) in [6.07, 6.45) is 0. The van der Waals surface area contributed by atoms with Crippen molar-refractivity contribution >= 4 is 5.97 Å². The Morgan fingerprint density at radius 1 is 0.920 bits per heavy atom. The average molecular weight is 334 g/mol. The second kappa shape index (κ2) is 7.53. The SMILES string of the molecule is COc1c(C(=O)O)cccc1-c1ccc(OCc2ccccc2)cc1. The van der Waals surface area contributed by atoms with Crippen molar-refractivity contribution in [3.63, 3.8) is 0 Å². The van der Waals surface area contributed by atoms with Crippen molar-refractivity contribution in [2.24, 2.45) is 0 Å². The van der Waals surface area contributed by atoms with E-state index in [0.717, 1.165) is 22.4 Å². The molecule has 0 spiro atoms. The van der Waals surface area contributed by atoms with Gasteiger partial charge in [-0.3, -0.25) is 0 Å². The number of hydrogen-bond donors (Lipinski definition) is 1. The predicted molar refractivity (Wildman–Crippen MR) is 96.2 cm³/mol. The van der Waals surface area contributed by atoms with Crippen LogP contribution in [-0.4, -0.2) is 18.2 Å². The van der Waals surface area contributed by atoms with E-state index in [-0.39, 0.29) is 5.56 Å². The Bertz CT molecular complexity index is 855. The van der Waals surface area contributed by atoms with Gasteiger partial charge in [0.15, 0.2) is 0 Å². The van der Waals surface area contributed by atoms with Gasteiger partial charge in [-0.1, -0.05) is 54.6 Å². The second-order valence-electron chi connectivity index (χ2n) is 5.49. The topological polar surface area (TPSA) is 55.8 Å². The average Bonchev–Trinajstić information content (AvgIpc) is 2.67. The Labute approximate surface area is 146 Å². The van der Waals surface area contributed by atoms with Gasteiger partial charge >= 0.3 is 5.97 Å². The molecule has 4 nitrogen and oxygen atoms in total. The lowest BCUT2D eigenvalue weighted by Gasteiger charge is -2.12. The molecule has 0 aromatic heterocycles. The Balaban J connectivity index is 1.81. The summed E-state index contributed by atoms with van der Waals surface area (Å²) in [6, 6.07) is 22.5. The molecule has 0 saturated carbocycles. The predicted octanol–water partition coefficient (Wildman–Crippen LogP) is 4.64. The number of carboxylic acids is 1. The molecule has 0 unspecified atom stereocenters. The minimum absolute atomic E-state index is 0.143. The lowest BCUT2D eigenvalue weighted by atomic mass is 10.0. The zero-order valence-corrected chi connectivity index (χ0v) is 13.8. The maximum absolute atomic E-state index is 11.3. The summed E-state index contributed by atoms with van der Waals surface area (Å²) in [7, 11) is 1.47. The van der Waals surface area contributed by atoms with Crippen molar-refractivity contribution in [3.8, 4) is 22.6 Å². The van der Waals surface area contributed by atoms with Gasteiger partial charge in [0.25, 0.3) is 0 Å². The summed E-state index contributed by atoms with van der Waals surface area (Å²) in [5, 5.41) is 9.29. The summed E-state index contributed by atoms with van der Waals surface area (Å²) in [5.74, 6) is 0.0930. The first-order chi connectivity index (χ1) is 12.2. The van der Waals surface area contributed by atoms with E-state index < -0.39 is 5.97 Å². The van der Waals surface area contributed by atoms with Crippen LogP contribution in [0.4, 0.5) is 0 Å². The Morgan fingerprint density at radius 2 is 1.64 bits per heavy atom. The molecular weight excluding hydrogens is 316 g/mol. The van der Waals surface area contributed by atoms with Crippen LogP contribution < -0.4 is 9.47 Å². The molecule has 0 aliphatic heterocycles. The van der Waals surface area contributed by atoms with Gasteiger partial charge in [-0.05, 0) is 29.3 Å². The molecule has 0 saturated heterocycles. The fourth-order valence-electron chi connectivity index (χ4n) is 2.62. The fraction of sp³-hybridized carbons (Fsp3) is 0.0952. The van der Waals surface area contributed by atoms with Gasteiger partial charge in [0.2, 0.25) is 0 Å². The lowest BCUT2D eigenvalue weighted by Crippen LogP contribution is -2.01. The highest BCUT2D eigenvalue weighted by Crippen LogP contribution is 2.34. The molecule has 0 bridgehead atoms. The molecular formula is C21H18O4. The van der Waals surface area contributed by atoms with Crippen LogP contribution in [0.5, 0.6) is 11.5 Å². The third-order valence-corrected chi connectivity index (χ3v) is 3.86. The lowest BCUT2D eigenvalue weighted by molar-refractivity contribution is 0.0693. The first kappa shape index (κ1) is 16.6. The van der Waals surface area contributed by atoms with E-state index in [1.807, 2.05) is 60.7 Å². The maximum Gasteiger partial charge on any atom is 0.339 e. The number of rotatable bonds is 6. The first-order valence-corrected chi connectivity index (χ1v) is 7.86. The van der Waals surface area contributed by atoms with Gasteiger partial charge in [-0.15, -0.1) is 0 Å². The second-order valence-corrected chi connectivity index (χ2v) is 5.49. The van der Waals surface area contributed by atoms with Crippen LogP contribution in [0.3, 0.4) is 0 Å². The van der Waals surface area contributed by atoms with Crippen molar-refractivity contribution in [2.45, 2.75) is 6.61 Å². The summed E-state index contributed by atoms with van der Waals surface area (Å²) in [6.45, 7) is 0.498. The van der Waals surface area contributed by atoms with Gasteiger partial charge in [0.05, 0.1) is 7.11 Å². The molecule has 0 aliphatic rings. The van der Waals surface area contributed by atoms with Crippen molar-refractivity contribution in [1.82, 2.24) is 0 Å². The highest BCUT2D eigenvalue weighted by Gasteiger charge is 2.15. The molecule has 0 heterocycles. The number of para-hydroxylation sites is 1. The van der Waals surface area contributed by atoms with Crippen LogP contribution in [0.1, 0.15) is 15.9 Å². The molecule has 0 radical (unpaired) electrons. The van der Waals surface area contributed by atoms with Crippen LogP contribution in [-0.2, 0) is 6.61 Å². The number of hydrogen-bond acceptors (Lipinski definition) is 3. The molecule has 0 amide bonds. The summed E-state index contributed by atoms with van der Waals surface area (Å²) < 4.78 is 11.1. The number of benzene rings is 3. The van der Waals surface area contributed by atoms with Crippen molar-refractivity contribution in [1.29, 1.82) is 0 Å². The standard InChI is InChI=1S/C21H18O4/c1-24-20-18(8-5-9-19(20)21(22)23)16-10-12-17(13-11-16)25-14-15-6-3-2-4-7-15/h2-13H,14H2,1H3,(H,22,23). The summed E-state index contributed by atoms with van der Waals surface area (Å²) >= 11 is 0. The number of carboxylic acid groups (broad SMARTS) is 1. The Hall–Kier alpha value is -3.27. The van der Waals surface area contributed by atoms with Crippen LogP contribution in [0, 0.1) is 0 Å². The molecule has 0 aliphatic carbocycles. The largest absolute Gasteiger partial charge is 0.495 e. The van der Waals surface area contributed by atoms with Crippen LogP contribution >= 0.6 is 0 Å². The third kappa shape index (κ3) is 3.80. The minimum Gasteiger partial charge on any atom is -0.495 e. The third-order valence-electron chi connectivity index (χ3n) is 3.86. The normalized spacial score (nSPS) is 10.3. The van der Waals surface area contributed by atoms with Crippen molar-refractivity contribution < 1.29 is 19.4 Å². The quantitative estimate of drug-likeness (QED) is 0.713. The van der Waals surface area contributed by atoms with Gasteiger partial charge in [0.1, 0.15) is 23.7 Å². The number of methoxy groups -OCH3 is 1.